The minimum atomic E-state index is -4.41. The van der Waals surface area contributed by atoms with Crippen molar-refractivity contribution in [3.8, 4) is 0 Å². The summed E-state index contributed by atoms with van der Waals surface area (Å²) in [6.45, 7) is 2.74. The van der Waals surface area contributed by atoms with Crippen molar-refractivity contribution < 1.29 is 18.0 Å². The first-order chi connectivity index (χ1) is 13.8. The van der Waals surface area contributed by atoms with Crippen LogP contribution in [-0.2, 0) is 11.0 Å². The van der Waals surface area contributed by atoms with E-state index in [2.05, 4.69) is 20.5 Å². The van der Waals surface area contributed by atoms with Crippen LogP contribution in [0.15, 0.2) is 39.3 Å². The van der Waals surface area contributed by atoms with E-state index in [9.17, 15) is 18.0 Å². The summed E-state index contributed by atoms with van der Waals surface area (Å²) in [5, 5.41) is 2.65. The molecule has 1 aromatic carbocycles. The summed E-state index contributed by atoms with van der Waals surface area (Å²) >= 11 is 0.763. The molecule has 29 heavy (non-hydrogen) atoms. The second-order valence-electron chi connectivity index (χ2n) is 7.27. The molecule has 3 rings (SSSR count). The van der Waals surface area contributed by atoms with Gasteiger partial charge in [-0.3, -0.25) is 4.79 Å². The summed E-state index contributed by atoms with van der Waals surface area (Å²) in [7, 11) is 0. The van der Waals surface area contributed by atoms with Crippen molar-refractivity contribution in [2.24, 2.45) is 9.06 Å². The Labute approximate surface area is 195 Å². The van der Waals surface area contributed by atoms with Crippen LogP contribution in [0.1, 0.15) is 37.7 Å². The van der Waals surface area contributed by atoms with Crippen LogP contribution in [0.4, 0.5) is 18.9 Å². The maximum absolute atomic E-state index is 12.8. The van der Waals surface area contributed by atoms with Crippen molar-refractivity contribution in [2.45, 2.75) is 38.3 Å². The van der Waals surface area contributed by atoms with Gasteiger partial charge in [-0.05, 0) is 18.2 Å². The Hall–Kier alpha value is -0.568. The van der Waals surface area contributed by atoms with Crippen LogP contribution in [0.2, 0.25) is 0 Å². The number of amides is 1. The molecule has 0 atom stereocenters. The molecule has 1 aromatic rings. The number of nitrogens with zero attached hydrogens (tertiary/aromatic N) is 3. The Morgan fingerprint density at radius 1 is 1.28 bits per heavy atom. The van der Waals surface area contributed by atoms with Crippen LogP contribution in [0.3, 0.4) is 0 Å². The van der Waals surface area contributed by atoms with Crippen molar-refractivity contribution in [2.75, 3.05) is 25.0 Å². The molecular formula is C19H23F3IN4OTl. The zero-order valence-electron chi connectivity index (χ0n) is 16.0. The second kappa shape index (κ2) is 10.6. The van der Waals surface area contributed by atoms with Crippen molar-refractivity contribution in [3.63, 3.8) is 0 Å². The van der Waals surface area contributed by atoms with Crippen LogP contribution in [0, 0.1) is 5.92 Å². The Morgan fingerprint density at radius 2 is 2.03 bits per heavy atom. The number of hydrogen-bond donors (Lipinski definition) is 1. The number of anilines is 1. The van der Waals surface area contributed by atoms with Gasteiger partial charge >= 0.3 is 138 Å². The van der Waals surface area contributed by atoms with Gasteiger partial charge in [-0.25, -0.2) is 0 Å². The van der Waals surface area contributed by atoms with Crippen molar-refractivity contribution in [1.82, 2.24) is 5.82 Å². The molecule has 0 unspecified atom stereocenters. The van der Waals surface area contributed by atoms with E-state index in [4.69, 9.17) is 0 Å². The van der Waals surface area contributed by atoms with Gasteiger partial charge < -0.3 is 5.32 Å². The Morgan fingerprint density at radius 3 is 2.69 bits per heavy atom. The number of carbonyl (C=O) groups excluding carboxylic acids is 1. The molecule has 156 valence electrons. The number of nitrogens with one attached hydrogen (secondary N) is 1. The molecule has 0 aromatic heterocycles. The first-order valence-corrected chi connectivity index (χ1v) is 13.6. The molecule has 1 fully saturated rings. The van der Waals surface area contributed by atoms with Gasteiger partial charge in [0.15, 0.2) is 0 Å². The Balaban J connectivity index is 1.37. The number of likely N-dealkylation sites (tertiary alicyclic amines) is 1. The number of rotatable bonds is 7. The predicted molar refractivity (Wildman–Crippen MR) is 115 cm³/mol. The van der Waals surface area contributed by atoms with Gasteiger partial charge in [-0.15, -0.1) is 0 Å². The topological polar surface area (TPSA) is 47.9 Å². The summed E-state index contributed by atoms with van der Waals surface area (Å²) < 4.78 is 45.4. The van der Waals surface area contributed by atoms with Gasteiger partial charge in [0.2, 0.25) is 0 Å². The number of hydrogen-bond acceptors (Lipinski definition) is 4. The number of benzene rings is 1. The summed E-state index contributed by atoms with van der Waals surface area (Å²) in [6, 6.07) is 4.81. The molecule has 2 aliphatic rings. The van der Waals surface area contributed by atoms with Crippen molar-refractivity contribution in [1.29, 1.82) is 0 Å². The second-order valence-corrected chi connectivity index (χ2v) is 15.5. The van der Waals surface area contributed by atoms with Crippen molar-refractivity contribution in [3.05, 3.63) is 41.7 Å². The Bertz CT molecular complexity index is 779. The van der Waals surface area contributed by atoms with E-state index in [-0.39, 0.29) is 38.8 Å². The summed E-state index contributed by atoms with van der Waals surface area (Å²) in [6.07, 6.45) is 2.60. The summed E-state index contributed by atoms with van der Waals surface area (Å²) in [5.41, 5.74) is 0.711. The molecule has 5 nitrogen and oxygen atoms in total. The summed E-state index contributed by atoms with van der Waals surface area (Å²) in [4.78, 5) is 14.8. The number of alkyl halides is 3. The first-order valence-electron chi connectivity index (χ1n) is 9.62. The van der Waals surface area contributed by atoms with Crippen LogP contribution >= 0.6 is 21.3 Å². The van der Waals surface area contributed by atoms with Crippen molar-refractivity contribution >= 4 is 59.0 Å². The SMILES string of the molecule is O=C(Nc1cccc(C(F)(F)F)c1)C1CCN(CCCCC2=C[N]([Tl])I=N2)CC1. The number of piperidine rings is 1. The van der Waals surface area contributed by atoms with E-state index in [1.54, 1.807) is 0 Å². The van der Waals surface area contributed by atoms with Gasteiger partial charge in [-0.1, -0.05) is 6.07 Å². The molecule has 0 saturated carbocycles. The number of allylic oxidation sites excluding steroid dienone is 1. The van der Waals surface area contributed by atoms with E-state index < -0.39 is 11.7 Å². The molecule has 2 aliphatic heterocycles. The van der Waals surface area contributed by atoms with Gasteiger partial charge in [0.25, 0.3) is 0 Å². The first kappa shape index (κ1) is 23.1. The van der Waals surface area contributed by atoms with Gasteiger partial charge in [-0.2, -0.15) is 13.2 Å². The predicted octanol–water partition coefficient (Wildman–Crippen LogP) is 4.84. The van der Waals surface area contributed by atoms with Gasteiger partial charge in [0, 0.05) is 5.69 Å². The fourth-order valence-electron chi connectivity index (χ4n) is 3.46. The van der Waals surface area contributed by atoms with Crippen LogP contribution in [-0.4, -0.2) is 57.4 Å². The normalized spacial score (nSPS) is 18.4. The molecule has 10 heteroatoms. The minimum absolute atomic E-state index is 0.0987. The maximum atomic E-state index is 12.8. The third kappa shape index (κ3) is 7.26. The fourth-order valence-corrected chi connectivity index (χ4v) is 6.61. The molecule has 0 bridgehead atoms. The molecule has 1 N–H and O–H groups in total. The molecule has 0 aliphatic carbocycles. The molecule has 0 spiro atoms. The third-order valence-electron chi connectivity index (χ3n) is 5.08. The van der Waals surface area contributed by atoms with Gasteiger partial charge in [0.1, 0.15) is 0 Å². The molecule has 0 radical (unpaired) electrons. The van der Waals surface area contributed by atoms with E-state index in [1.807, 2.05) is 0 Å². The zero-order valence-corrected chi connectivity index (χ0v) is 22.6. The van der Waals surface area contributed by atoms with Crippen LogP contribution in [0.25, 0.3) is 0 Å². The zero-order chi connectivity index (χ0) is 20.9. The van der Waals surface area contributed by atoms with E-state index in [0.717, 1.165) is 89.9 Å². The Kier molecular flexibility index (Phi) is 8.48. The number of halogens is 4. The average molecular weight is 712 g/mol. The molecule has 2 heterocycles. The molecular weight excluding hydrogens is 689 g/mol. The van der Waals surface area contributed by atoms with E-state index in [0.29, 0.717) is 0 Å². The van der Waals surface area contributed by atoms with Crippen LogP contribution < -0.4 is 5.32 Å². The monoisotopic (exact) mass is 712 g/mol. The molecule has 1 amide bonds. The average Bonchev–Trinajstić information content (AvgIpc) is 3.10. The third-order valence-corrected chi connectivity index (χ3v) is 9.55. The fraction of sp³-hybridized carbons (Fsp3) is 0.526. The standard InChI is InChI=1S/C19H24F3IN4O.Tl/c20-19(21,22)15-4-3-6-16(12-15)25-18(28)14-7-10-27(11-8-14)9-2-1-5-17-13-24-23-26-17;/h3-4,6,12-14H,1-2,5,7-11H2,(H2,24,25,26,28);/q;+1/p-1. The van der Waals surface area contributed by atoms with E-state index in [1.165, 1.54) is 17.8 Å². The number of unbranched alkanes of at least 4 members (excludes halogenated alkanes) is 1. The van der Waals surface area contributed by atoms with E-state index >= 15 is 0 Å². The number of carbonyl (C=O) groups is 1. The summed E-state index contributed by atoms with van der Waals surface area (Å²) in [5.74, 6) is -0.330. The quantitative estimate of drug-likeness (QED) is 0.191. The van der Waals surface area contributed by atoms with Gasteiger partial charge in [0.05, 0.1) is 5.56 Å². The molecule has 1 saturated heterocycles. The van der Waals surface area contributed by atoms with Crippen LogP contribution in [0.5, 0.6) is 0 Å².